The third-order valence-electron chi connectivity index (χ3n) is 7.56. The van der Waals surface area contributed by atoms with Gasteiger partial charge in [-0.2, -0.15) is 0 Å². The van der Waals surface area contributed by atoms with Crippen molar-refractivity contribution >= 4 is 60.8 Å². The van der Waals surface area contributed by atoms with Crippen LogP contribution < -0.4 is 9.47 Å². The lowest BCUT2D eigenvalue weighted by Gasteiger charge is -2.31. The number of fused-ring (bicyclic) bond motifs is 8. The summed E-state index contributed by atoms with van der Waals surface area (Å²) in [4.78, 5) is 17.1. The summed E-state index contributed by atoms with van der Waals surface area (Å²) in [5.41, 5.74) is 2.30. The minimum absolute atomic E-state index is 0.113. The number of esters is 1. The van der Waals surface area contributed by atoms with Gasteiger partial charge in [-0.3, -0.25) is 0 Å². The van der Waals surface area contributed by atoms with Crippen LogP contribution in [0.25, 0.3) is 42.9 Å². The van der Waals surface area contributed by atoms with Gasteiger partial charge in [0.2, 0.25) is 0 Å². The second-order valence-corrected chi connectivity index (χ2v) is 12.7. The summed E-state index contributed by atoms with van der Waals surface area (Å²) in [6.45, 7) is 4.26. The minimum Gasteiger partial charge on any atom is -0.492 e. The lowest BCUT2D eigenvalue weighted by molar-refractivity contribution is -0.142. The number of thiazole rings is 1. The first-order chi connectivity index (χ1) is 20.6. The first-order valence-electron chi connectivity index (χ1n) is 13.7. The Morgan fingerprint density at radius 1 is 0.857 bits per heavy atom. The monoisotopic (exact) mass is 589 g/mol. The number of thioether (sulfide) groups is 1. The Bertz CT molecular complexity index is 1840. The van der Waals surface area contributed by atoms with Crippen molar-refractivity contribution in [2.75, 3.05) is 25.6 Å². The van der Waals surface area contributed by atoms with E-state index < -0.39 is 11.4 Å². The van der Waals surface area contributed by atoms with Crippen molar-refractivity contribution in [2.24, 2.45) is 5.41 Å². The lowest BCUT2D eigenvalue weighted by atomic mass is 9.92. The summed E-state index contributed by atoms with van der Waals surface area (Å²) in [6.07, 6.45) is 1.19. The van der Waals surface area contributed by atoms with E-state index in [1.807, 2.05) is 42.5 Å². The summed E-state index contributed by atoms with van der Waals surface area (Å²) in [7, 11) is 0. The summed E-state index contributed by atoms with van der Waals surface area (Å²) < 4.78 is 21.2. The number of nitrogens with zero attached hydrogens (tertiary/aromatic N) is 1. The molecule has 42 heavy (non-hydrogen) atoms. The molecule has 0 unspecified atom stereocenters. The van der Waals surface area contributed by atoms with Gasteiger partial charge < -0.3 is 14.2 Å². The molecule has 2 heterocycles. The van der Waals surface area contributed by atoms with Gasteiger partial charge in [-0.25, -0.2) is 9.78 Å². The standard InChI is InChI=1S/C35H27NO4S2/c1-2-31(37)40-21-35(22-41-34-36-27-13-7-8-14-30(27)42-34)19-38-28-17-15-23-9-3-5-11-25(23)32(28)33-26-12-6-4-10-24(26)16-18-29(33)39-20-35/h2-18H,1,19-22H2. The van der Waals surface area contributed by atoms with Crippen molar-refractivity contribution in [3.63, 3.8) is 0 Å². The summed E-state index contributed by atoms with van der Waals surface area (Å²) in [5.74, 6) is 1.63. The number of hydrogen-bond acceptors (Lipinski definition) is 7. The molecule has 1 aromatic heterocycles. The SMILES string of the molecule is C=CC(=O)OCC1(CSc2nc3ccccc3s2)COc2ccc3ccccc3c2-c2c(ccc3ccccc23)OC1. The van der Waals surface area contributed by atoms with Crippen LogP contribution in [0.5, 0.6) is 11.5 Å². The zero-order valence-corrected chi connectivity index (χ0v) is 24.4. The van der Waals surface area contributed by atoms with Gasteiger partial charge in [0.05, 0.1) is 15.6 Å². The molecule has 0 radical (unpaired) electrons. The maximum absolute atomic E-state index is 12.3. The molecule has 1 aliphatic rings. The molecule has 0 atom stereocenters. The number of carbonyl (C=O) groups is 1. The van der Waals surface area contributed by atoms with Crippen molar-refractivity contribution in [3.05, 3.63) is 110 Å². The van der Waals surface area contributed by atoms with Crippen LogP contribution in [-0.4, -0.2) is 36.5 Å². The molecule has 0 amide bonds. The van der Waals surface area contributed by atoms with E-state index in [2.05, 4.69) is 61.2 Å². The molecule has 0 fully saturated rings. The Morgan fingerprint density at radius 3 is 2.07 bits per heavy atom. The Hall–Kier alpha value is -4.33. The molecule has 0 saturated carbocycles. The van der Waals surface area contributed by atoms with Crippen molar-refractivity contribution in [1.82, 2.24) is 4.98 Å². The van der Waals surface area contributed by atoms with Crippen molar-refractivity contribution in [2.45, 2.75) is 4.34 Å². The second kappa shape index (κ2) is 11.2. The molecule has 6 aromatic rings. The van der Waals surface area contributed by atoms with Gasteiger partial charge in [0.25, 0.3) is 0 Å². The molecule has 0 bridgehead atoms. The minimum atomic E-state index is -0.669. The molecule has 7 rings (SSSR count). The van der Waals surface area contributed by atoms with E-state index in [1.54, 1.807) is 23.1 Å². The lowest BCUT2D eigenvalue weighted by Crippen LogP contribution is -2.42. The van der Waals surface area contributed by atoms with Crippen LogP contribution in [0.1, 0.15) is 0 Å². The van der Waals surface area contributed by atoms with Crippen LogP contribution in [0.3, 0.4) is 0 Å². The summed E-state index contributed by atoms with van der Waals surface area (Å²) in [5, 5.41) is 4.42. The van der Waals surface area contributed by atoms with E-state index in [-0.39, 0.29) is 19.8 Å². The third-order valence-corrected chi connectivity index (χ3v) is 10.1. The maximum Gasteiger partial charge on any atom is 0.330 e. The fourth-order valence-corrected chi connectivity index (χ4v) is 7.60. The van der Waals surface area contributed by atoms with Gasteiger partial charge in [0, 0.05) is 23.0 Å². The Labute approximate surface area is 251 Å². The molecule has 0 saturated heterocycles. The Kier molecular flexibility index (Phi) is 7.06. The molecular formula is C35H27NO4S2. The molecule has 208 valence electrons. The summed E-state index contributed by atoms with van der Waals surface area (Å²) in [6, 6.07) is 33.0. The van der Waals surface area contributed by atoms with E-state index in [9.17, 15) is 4.79 Å². The number of para-hydroxylation sites is 1. The fourth-order valence-electron chi connectivity index (χ4n) is 5.38. The first-order valence-corrected chi connectivity index (χ1v) is 15.5. The van der Waals surface area contributed by atoms with E-state index in [4.69, 9.17) is 19.2 Å². The molecule has 0 spiro atoms. The van der Waals surface area contributed by atoms with Gasteiger partial charge >= 0.3 is 5.97 Å². The average molecular weight is 590 g/mol. The second-order valence-electron chi connectivity index (χ2n) is 10.4. The highest BCUT2D eigenvalue weighted by atomic mass is 32.2. The van der Waals surface area contributed by atoms with Gasteiger partial charge in [0.1, 0.15) is 31.3 Å². The van der Waals surface area contributed by atoms with Crippen LogP contribution in [0.4, 0.5) is 0 Å². The van der Waals surface area contributed by atoms with Gasteiger partial charge in [0.15, 0.2) is 4.34 Å². The van der Waals surface area contributed by atoms with Crippen LogP contribution in [0.2, 0.25) is 0 Å². The van der Waals surface area contributed by atoms with E-state index >= 15 is 0 Å². The Morgan fingerprint density at radius 2 is 1.45 bits per heavy atom. The number of ether oxygens (including phenoxy) is 3. The number of rotatable bonds is 6. The Balaban J connectivity index is 1.34. The topological polar surface area (TPSA) is 57.7 Å². The van der Waals surface area contributed by atoms with Gasteiger partial charge in [-0.1, -0.05) is 91.1 Å². The zero-order chi connectivity index (χ0) is 28.5. The molecule has 7 heteroatoms. The predicted octanol–water partition coefficient (Wildman–Crippen LogP) is 8.55. The predicted molar refractivity (Wildman–Crippen MR) is 172 cm³/mol. The quantitative estimate of drug-likeness (QED) is 0.110. The van der Waals surface area contributed by atoms with Crippen LogP contribution in [0, 0.1) is 5.41 Å². The molecule has 0 N–H and O–H groups in total. The van der Waals surface area contributed by atoms with E-state index in [0.29, 0.717) is 5.75 Å². The normalized spacial score (nSPS) is 14.1. The zero-order valence-electron chi connectivity index (χ0n) is 22.7. The molecule has 0 aliphatic carbocycles. The number of aromatic nitrogens is 1. The van der Waals surface area contributed by atoms with Crippen LogP contribution in [-0.2, 0) is 9.53 Å². The number of carbonyl (C=O) groups excluding carboxylic acids is 1. The largest absolute Gasteiger partial charge is 0.492 e. The molecule has 1 aliphatic heterocycles. The van der Waals surface area contributed by atoms with Gasteiger partial charge in [-0.05, 0) is 45.8 Å². The first kappa shape index (κ1) is 26.6. The highest BCUT2D eigenvalue weighted by Gasteiger charge is 2.37. The van der Waals surface area contributed by atoms with Crippen molar-refractivity contribution in [1.29, 1.82) is 0 Å². The fraction of sp³-hybridized carbons (Fsp3) is 0.143. The molecular weight excluding hydrogens is 563 g/mol. The van der Waals surface area contributed by atoms with Gasteiger partial charge in [-0.15, -0.1) is 11.3 Å². The van der Waals surface area contributed by atoms with E-state index in [0.717, 1.165) is 58.7 Å². The average Bonchev–Trinajstić information content (AvgIpc) is 3.48. The smallest absolute Gasteiger partial charge is 0.330 e. The maximum atomic E-state index is 12.3. The summed E-state index contributed by atoms with van der Waals surface area (Å²) >= 11 is 3.28. The van der Waals surface area contributed by atoms with Crippen LogP contribution in [0.15, 0.2) is 114 Å². The third kappa shape index (κ3) is 4.99. The molecule has 5 nitrogen and oxygen atoms in total. The number of hydrogen-bond donors (Lipinski definition) is 0. The molecule has 5 aromatic carbocycles. The van der Waals surface area contributed by atoms with Crippen molar-refractivity contribution in [3.8, 4) is 22.6 Å². The highest BCUT2D eigenvalue weighted by molar-refractivity contribution is 8.01. The van der Waals surface area contributed by atoms with Crippen molar-refractivity contribution < 1.29 is 19.0 Å². The van der Waals surface area contributed by atoms with E-state index in [1.165, 1.54) is 6.08 Å². The van der Waals surface area contributed by atoms with Crippen LogP contribution >= 0.6 is 23.1 Å². The number of benzene rings is 5. The highest BCUT2D eigenvalue weighted by Crippen LogP contribution is 2.47.